The van der Waals surface area contributed by atoms with Crippen molar-refractivity contribution < 1.29 is 62.5 Å². The van der Waals surface area contributed by atoms with Crippen LogP contribution in [0, 0.1) is 17.8 Å². The third-order valence-corrected chi connectivity index (χ3v) is 5.56. The minimum atomic E-state index is -6.40. The quantitative estimate of drug-likeness (QED) is 0.501. The van der Waals surface area contributed by atoms with E-state index in [-0.39, 0.29) is 5.57 Å². The van der Waals surface area contributed by atoms with Crippen LogP contribution in [-0.2, 0) is 4.74 Å². The first-order valence-electron chi connectivity index (χ1n) is 7.66. The predicted molar refractivity (Wildman–Crippen MR) is 64.6 cm³/mol. The van der Waals surface area contributed by atoms with Crippen LogP contribution >= 0.6 is 0 Å². The maximum atomic E-state index is 13.4. The summed E-state index contributed by atoms with van der Waals surface area (Å²) in [5, 5.41) is 9.21. The zero-order valence-corrected chi connectivity index (χ0v) is 13.2. The third kappa shape index (κ3) is 2.66. The normalized spacial score (nSPS) is 32.8. The highest BCUT2D eigenvalue weighted by Gasteiger charge is 2.84. The van der Waals surface area contributed by atoms with Crippen LogP contribution in [0.5, 0.6) is 0 Å². The van der Waals surface area contributed by atoms with Gasteiger partial charge in [-0.05, 0) is 18.3 Å². The summed E-state index contributed by atoms with van der Waals surface area (Å²) in [7, 11) is 0. The fourth-order valence-electron chi connectivity index (χ4n) is 4.22. The van der Waals surface area contributed by atoms with Crippen LogP contribution in [0.3, 0.4) is 0 Å². The van der Waals surface area contributed by atoms with E-state index in [9.17, 15) is 57.8 Å². The first-order valence-corrected chi connectivity index (χ1v) is 7.66. The lowest BCUT2D eigenvalue weighted by atomic mass is 9.77. The van der Waals surface area contributed by atoms with E-state index in [4.69, 9.17) is 0 Å². The van der Waals surface area contributed by atoms with Gasteiger partial charge in [0.15, 0.2) is 0 Å². The van der Waals surface area contributed by atoms with E-state index in [1.807, 2.05) is 0 Å². The summed E-state index contributed by atoms with van der Waals surface area (Å²) in [5.74, 6) is -5.27. The molecule has 1 saturated carbocycles. The summed E-state index contributed by atoms with van der Waals surface area (Å²) in [5.41, 5.74) is -10.8. The van der Waals surface area contributed by atoms with Gasteiger partial charge in [0.05, 0.1) is 6.10 Å². The molecule has 2 aliphatic carbocycles. The zero-order chi connectivity index (χ0) is 21.7. The minimum Gasteiger partial charge on any atom is -0.374 e. The Kier molecular flexibility index (Phi) is 4.22. The van der Waals surface area contributed by atoms with Crippen LogP contribution in [0.1, 0.15) is 12.8 Å². The standard InChI is InChI=1S/C14H10F12O2/c15-11(16,17)9(27,12(18,19)20)3-7-6-2-4-1-5(4)8(6)10(28-7,13(21,22)23)14(24,25)26/h1,4,6-8,27H,2-3H2/t4-,6-,7?,8?/m1/s1. The number of alkyl halides is 12. The van der Waals surface area contributed by atoms with Gasteiger partial charge in [0, 0.05) is 12.3 Å². The molecule has 2 fully saturated rings. The molecule has 1 heterocycles. The van der Waals surface area contributed by atoms with Gasteiger partial charge in [-0.25, -0.2) is 0 Å². The van der Waals surface area contributed by atoms with Crippen molar-refractivity contribution >= 4 is 0 Å². The smallest absolute Gasteiger partial charge is 0.374 e. The van der Waals surface area contributed by atoms with Crippen LogP contribution in [0.25, 0.3) is 0 Å². The lowest BCUT2D eigenvalue weighted by Gasteiger charge is -2.38. The Labute approximate surface area is 148 Å². The van der Waals surface area contributed by atoms with Crippen molar-refractivity contribution in [1.82, 2.24) is 0 Å². The molecule has 0 aromatic carbocycles. The molecule has 28 heavy (non-hydrogen) atoms. The zero-order valence-electron chi connectivity index (χ0n) is 13.2. The second-order valence-electron chi connectivity index (χ2n) is 7.10. The fourth-order valence-corrected chi connectivity index (χ4v) is 4.22. The molecule has 0 bridgehead atoms. The number of ether oxygens (including phenoxy) is 1. The summed E-state index contributed by atoms with van der Waals surface area (Å²) in [6.07, 6.45) is -29.9. The molecular weight excluding hydrogens is 428 g/mol. The second kappa shape index (κ2) is 5.49. The van der Waals surface area contributed by atoms with Crippen LogP contribution in [0.4, 0.5) is 52.7 Å². The lowest BCUT2D eigenvalue weighted by Crippen LogP contribution is -2.61. The molecule has 162 valence electrons. The summed E-state index contributed by atoms with van der Waals surface area (Å²) in [6, 6.07) is 0. The van der Waals surface area contributed by atoms with Crippen molar-refractivity contribution in [2.24, 2.45) is 17.8 Å². The molecule has 2 nitrogen and oxygen atoms in total. The Hall–Kier alpha value is -1.18. The maximum absolute atomic E-state index is 13.4. The van der Waals surface area contributed by atoms with Crippen LogP contribution < -0.4 is 0 Å². The monoisotopic (exact) mass is 438 g/mol. The van der Waals surface area contributed by atoms with E-state index in [2.05, 4.69) is 4.74 Å². The Morgan fingerprint density at radius 2 is 1.36 bits per heavy atom. The second-order valence-corrected chi connectivity index (χ2v) is 7.10. The highest BCUT2D eigenvalue weighted by molar-refractivity contribution is 5.42. The van der Waals surface area contributed by atoms with Crippen LogP contribution in [0.2, 0.25) is 0 Å². The SMILES string of the molecule is OC(CC1OC(C(F)(F)F)(C(F)(F)F)C2C3=C[C@@H]3C[C@H]12)(C(F)(F)F)C(F)(F)F. The number of hydrogen-bond acceptors (Lipinski definition) is 2. The largest absolute Gasteiger partial charge is 0.427 e. The molecule has 0 amide bonds. The number of rotatable bonds is 2. The van der Waals surface area contributed by atoms with Gasteiger partial charge in [0.2, 0.25) is 0 Å². The molecule has 0 aromatic rings. The van der Waals surface area contributed by atoms with Crippen LogP contribution in [0.15, 0.2) is 11.6 Å². The molecule has 0 aromatic heterocycles. The van der Waals surface area contributed by atoms with E-state index < -0.39 is 72.6 Å². The summed E-state index contributed by atoms with van der Waals surface area (Å²) in [6.45, 7) is 0. The van der Waals surface area contributed by atoms with E-state index in [0.717, 1.165) is 6.08 Å². The van der Waals surface area contributed by atoms with Gasteiger partial charge >= 0.3 is 24.7 Å². The van der Waals surface area contributed by atoms with Crippen molar-refractivity contribution in [3.63, 3.8) is 0 Å². The third-order valence-electron chi connectivity index (χ3n) is 5.56. The molecular formula is C14H10F12O2. The average molecular weight is 438 g/mol. The Bertz CT molecular complexity index is 654. The van der Waals surface area contributed by atoms with Gasteiger partial charge in [-0.1, -0.05) is 11.6 Å². The predicted octanol–water partition coefficient (Wildman–Crippen LogP) is 4.69. The molecule has 0 spiro atoms. The maximum Gasteiger partial charge on any atom is 0.427 e. The highest BCUT2D eigenvalue weighted by Crippen LogP contribution is 2.69. The van der Waals surface area contributed by atoms with Gasteiger partial charge in [-0.15, -0.1) is 0 Å². The van der Waals surface area contributed by atoms with Crippen molar-refractivity contribution in [3.05, 3.63) is 11.6 Å². The molecule has 3 rings (SSSR count). The molecule has 2 unspecified atom stereocenters. The molecule has 0 radical (unpaired) electrons. The topological polar surface area (TPSA) is 29.5 Å². The fraction of sp³-hybridized carbons (Fsp3) is 0.857. The van der Waals surface area contributed by atoms with Gasteiger partial charge in [-0.3, -0.25) is 0 Å². The molecule has 3 aliphatic rings. The van der Waals surface area contributed by atoms with E-state index in [0.29, 0.717) is 0 Å². The van der Waals surface area contributed by atoms with Crippen LogP contribution in [-0.4, -0.2) is 47.1 Å². The first-order chi connectivity index (χ1) is 12.3. The number of fused-ring (bicyclic) bond motifs is 3. The van der Waals surface area contributed by atoms with Crippen molar-refractivity contribution in [3.8, 4) is 0 Å². The summed E-state index contributed by atoms with van der Waals surface area (Å²) in [4.78, 5) is 0. The lowest BCUT2D eigenvalue weighted by molar-refractivity contribution is -0.395. The average Bonchev–Trinajstić information content (AvgIpc) is 2.95. The number of aliphatic hydroxyl groups is 1. The van der Waals surface area contributed by atoms with Crippen molar-refractivity contribution in [2.45, 2.75) is 54.9 Å². The first kappa shape index (κ1) is 21.5. The van der Waals surface area contributed by atoms with Crippen molar-refractivity contribution in [1.29, 1.82) is 0 Å². The van der Waals surface area contributed by atoms with Gasteiger partial charge in [0.1, 0.15) is 0 Å². The Balaban J connectivity index is 2.07. The molecule has 1 saturated heterocycles. The molecule has 1 N–H and O–H groups in total. The molecule has 4 atom stereocenters. The van der Waals surface area contributed by atoms with E-state index in [1.54, 1.807) is 0 Å². The van der Waals surface area contributed by atoms with Crippen molar-refractivity contribution in [2.75, 3.05) is 0 Å². The highest BCUT2D eigenvalue weighted by atomic mass is 19.4. The molecule has 1 aliphatic heterocycles. The van der Waals surface area contributed by atoms with E-state index in [1.165, 1.54) is 0 Å². The number of hydrogen-bond donors (Lipinski definition) is 1. The molecule has 14 heteroatoms. The Morgan fingerprint density at radius 3 is 1.75 bits per heavy atom. The number of halogens is 12. The van der Waals surface area contributed by atoms with Gasteiger partial charge < -0.3 is 9.84 Å². The summed E-state index contributed by atoms with van der Waals surface area (Å²) < 4.78 is 162. The summed E-state index contributed by atoms with van der Waals surface area (Å²) >= 11 is 0. The number of allylic oxidation sites excluding steroid dienone is 1. The van der Waals surface area contributed by atoms with Gasteiger partial charge in [0.25, 0.3) is 11.2 Å². The Morgan fingerprint density at radius 1 is 0.893 bits per heavy atom. The van der Waals surface area contributed by atoms with E-state index >= 15 is 0 Å². The minimum absolute atomic E-state index is 0.357. The van der Waals surface area contributed by atoms with Gasteiger partial charge in [-0.2, -0.15) is 52.7 Å².